The summed E-state index contributed by atoms with van der Waals surface area (Å²) >= 11 is 6.31. The fraction of sp³-hybridized carbons (Fsp3) is 0.308. The lowest BCUT2D eigenvalue weighted by Gasteiger charge is -2.16. The van der Waals surface area contributed by atoms with Crippen LogP contribution in [0.5, 0.6) is 0 Å². The summed E-state index contributed by atoms with van der Waals surface area (Å²) in [5, 5.41) is 10.0. The first-order valence-corrected chi connectivity index (χ1v) is 11.7. The number of aryl methyl sites for hydroxylation is 1. The van der Waals surface area contributed by atoms with Crippen LogP contribution in [0, 0.1) is 12.8 Å². The molecule has 2 N–H and O–H groups in total. The Morgan fingerprint density at radius 1 is 1.03 bits per heavy atom. The van der Waals surface area contributed by atoms with Crippen molar-refractivity contribution in [1.82, 2.24) is 15.1 Å². The molecule has 0 saturated heterocycles. The molecular formula is C26H29ClN4O4. The predicted molar refractivity (Wildman–Crippen MR) is 134 cm³/mol. The van der Waals surface area contributed by atoms with E-state index >= 15 is 0 Å². The number of benzene rings is 2. The number of nitrogens with one attached hydrogen (secondary N) is 2. The molecule has 0 aliphatic rings. The number of halogens is 1. The lowest BCUT2D eigenvalue weighted by Crippen LogP contribution is -2.28. The van der Waals surface area contributed by atoms with Gasteiger partial charge in [0.05, 0.1) is 23.0 Å². The molecule has 1 aromatic heterocycles. The number of rotatable bonds is 9. The third-order valence-electron chi connectivity index (χ3n) is 5.23. The number of nitrogens with zero attached hydrogens (tertiary/aromatic N) is 2. The maximum Gasteiger partial charge on any atom is 0.343 e. The first kappa shape index (κ1) is 26.0. The van der Waals surface area contributed by atoms with Crippen LogP contribution in [-0.2, 0) is 16.1 Å². The number of aromatic nitrogens is 2. The Hall–Kier alpha value is -3.65. The maximum atomic E-state index is 12.9. The maximum absolute atomic E-state index is 12.9. The number of carbonyl (C=O) groups excluding carboxylic acids is 3. The second-order valence-corrected chi connectivity index (χ2v) is 8.96. The topological polar surface area (TPSA) is 102 Å². The summed E-state index contributed by atoms with van der Waals surface area (Å²) in [7, 11) is 0. The summed E-state index contributed by atoms with van der Waals surface area (Å²) in [6, 6.07) is 16.0. The summed E-state index contributed by atoms with van der Waals surface area (Å²) in [6.45, 7) is 7.57. The van der Waals surface area contributed by atoms with Crippen molar-refractivity contribution in [1.29, 1.82) is 0 Å². The number of esters is 1. The molecule has 1 unspecified atom stereocenters. The van der Waals surface area contributed by atoms with Crippen molar-refractivity contribution in [3.8, 4) is 0 Å². The molecule has 184 valence electrons. The van der Waals surface area contributed by atoms with Crippen molar-refractivity contribution in [3.05, 3.63) is 82.1 Å². The molecule has 0 spiro atoms. The van der Waals surface area contributed by atoms with Gasteiger partial charge in [0.1, 0.15) is 10.7 Å². The fourth-order valence-corrected chi connectivity index (χ4v) is 3.85. The van der Waals surface area contributed by atoms with Gasteiger partial charge in [-0.25, -0.2) is 4.79 Å². The van der Waals surface area contributed by atoms with Crippen LogP contribution < -0.4 is 10.6 Å². The van der Waals surface area contributed by atoms with Crippen molar-refractivity contribution in [2.24, 2.45) is 5.92 Å². The third kappa shape index (κ3) is 6.70. The van der Waals surface area contributed by atoms with Crippen LogP contribution in [0.25, 0.3) is 0 Å². The number of carbonyl (C=O) groups is 3. The van der Waals surface area contributed by atoms with E-state index < -0.39 is 18.5 Å². The molecule has 0 fully saturated rings. The van der Waals surface area contributed by atoms with Crippen LogP contribution in [0.3, 0.4) is 0 Å². The molecule has 3 aromatic rings. The highest BCUT2D eigenvalue weighted by Gasteiger charge is 2.23. The first-order valence-electron chi connectivity index (χ1n) is 11.3. The minimum absolute atomic E-state index is 0.134. The Balaban J connectivity index is 1.63. The van der Waals surface area contributed by atoms with Crippen molar-refractivity contribution in [2.75, 3.05) is 11.9 Å². The molecule has 35 heavy (non-hydrogen) atoms. The Kier molecular flexibility index (Phi) is 8.65. The van der Waals surface area contributed by atoms with Gasteiger partial charge in [-0.3, -0.25) is 14.3 Å². The highest BCUT2D eigenvalue weighted by molar-refractivity contribution is 6.32. The van der Waals surface area contributed by atoms with Crippen LogP contribution in [0.1, 0.15) is 58.8 Å². The number of hydrogen-bond donors (Lipinski definition) is 2. The van der Waals surface area contributed by atoms with E-state index in [0.717, 1.165) is 5.56 Å². The van der Waals surface area contributed by atoms with E-state index in [1.807, 2.05) is 51.1 Å². The van der Waals surface area contributed by atoms with Gasteiger partial charge in [-0.1, -0.05) is 67.9 Å². The van der Waals surface area contributed by atoms with E-state index in [1.165, 1.54) is 0 Å². The van der Waals surface area contributed by atoms with Gasteiger partial charge in [-0.05, 0) is 37.5 Å². The molecule has 3 rings (SSSR count). The minimum Gasteiger partial charge on any atom is -0.452 e. The quantitative estimate of drug-likeness (QED) is 0.415. The van der Waals surface area contributed by atoms with E-state index in [1.54, 1.807) is 35.9 Å². The van der Waals surface area contributed by atoms with E-state index in [2.05, 4.69) is 15.7 Å². The van der Waals surface area contributed by atoms with E-state index in [4.69, 9.17) is 16.3 Å². The average molecular weight is 497 g/mol. The summed E-state index contributed by atoms with van der Waals surface area (Å²) in [5.41, 5.74) is 2.12. The Morgan fingerprint density at radius 3 is 2.37 bits per heavy atom. The van der Waals surface area contributed by atoms with Crippen LogP contribution in [0.4, 0.5) is 5.69 Å². The second kappa shape index (κ2) is 11.7. The van der Waals surface area contributed by atoms with Crippen molar-refractivity contribution in [2.45, 2.75) is 40.3 Å². The molecule has 2 aromatic carbocycles. The number of amides is 2. The number of ether oxygens (including phenoxy) is 1. The Labute approximate surface area is 209 Å². The average Bonchev–Trinajstić information content (AvgIpc) is 3.10. The zero-order chi connectivity index (χ0) is 25.5. The molecule has 8 nitrogen and oxygen atoms in total. The van der Waals surface area contributed by atoms with E-state index in [0.29, 0.717) is 23.5 Å². The fourth-order valence-electron chi connectivity index (χ4n) is 3.53. The molecule has 0 aliphatic carbocycles. The van der Waals surface area contributed by atoms with Gasteiger partial charge >= 0.3 is 5.97 Å². The standard InChI is InChI=1S/C26H29ClN4O4/c1-16(2)14-31-24(27)23(18(4)30-31)26(34)35-15-22(32)29-21-13-9-8-12-20(21)25(33)28-17(3)19-10-6-5-7-11-19/h5-13,16-17H,14-15H2,1-4H3,(H,28,33)(H,29,32). The van der Waals surface area contributed by atoms with Gasteiger partial charge in [0.2, 0.25) is 0 Å². The monoisotopic (exact) mass is 496 g/mol. The number of para-hydroxylation sites is 1. The Morgan fingerprint density at radius 2 is 1.69 bits per heavy atom. The molecular weight excluding hydrogens is 468 g/mol. The largest absolute Gasteiger partial charge is 0.452 e. The molecule has 2 amide bonds. The second-order valence-electron chi connectivity index (χ2n) is 8.60. The van der Waals surface area contributed by atoms with Gasteiger partial charge in [-0.15, -0.1) is 0 Å². The lowest BCUT2D eigenvalue weighted by molar-refractivity contribution is -0.119. The number of hydrogen-bond acceptors (Lipinski definition) is 5. The lowest BCUT2D eigenvalue weighted by atomic mass is 10.1. The van der Waals surface area contributed by atoms with Crippen LogP contribution in [0.15, 0.2) is 54.6 Å². The molecule has 0 radical (unpaired) electrons. The van der Waals surface area contributed by atoms with E-state index in [9.17, 15) is 14.4 Å². The van der Waals surface area contributed by atoms with Crippen molar-refractivity contribution >= 4 is 35.1 Å². The molecule has 1 atom stereocenters. The Bertz CT molecular complexity index is 1210. The van der Waals surface area contributed by atoms with E-state index in [-0.39, 0.29) is 28.6 Å². The highest BCUT2D eigenvalue weighted by atomic mass is 35.5. The molecule has 0 aliphatic heterocycles. The molecule has 1 heterocycles. The molecule has 9 heteroatoms. The predicted octanol–water partition coefficient (Wildman–Crippen LogP) is 4.79. The SMILES string of the molecule is Cc1nn(CC(C)C)c(Cl)c1C(=O)OCC(=O)Nc1ccccc1C(=O)NC(C)c1ccccc1. The first-order chi connectivity index (χ1) is 16.7. The summed E-state index contributed by atoms with van der Waals surface area (Å²) in [5.74, 6) is -1.37. The van der Waals surface area contributed by atoms with Gasteiger partial charge in [0.25, 0.3) is 11.8 Å². The van der Waals surface area contributed by atoms with Gasteiger partial charge in [-0.2, -0.15) is 5.10 Å². The van der Waals surface area contributed by atoms with Crippen molar-refractivity contribution < 1.29 is 19.1 Å². The van der Waals surface area contributed by atoms with Crippen LogP contribution >= 0.6 is 11.6 Å². The van der Waals surface area contributed by atoms with Gasteiger partial charge < -0.3 is 15.4 Å². The smallest absolute Gasteiger partial charge is 0.343 e. The molecule has 0 bridgehead atoms. The highest BCUT2D eigenvalue weighted by Crippen LogP contribution is 2.22. The van der Waals surface area contributed by atoms with Crippen molar-refractivity contribution in [3.63, 3.8) is 0 Å². The van der Waals surface area contributed by atoms with Gasteiger partial charge in [0.15, 0.2) is 6.61 Å². The van der Waals surface area contributed by atoms with Crippen LogP contribution in [-0.4, -0.2) is 34.2 Å². The number of anilines is 1. The summed E-state index contributed by atoms with van der Waals surface area (Å²) in [6.07, 6.45) is 0. The molecule has 0 saturated carbocycles. The zero-order valence-corrected chi connectivity index (χ0v) is 20.9. The van der Waals surface area contributed by atoms with Gasteiger partial charge in [0, 0.05) is 6.54 Å². The zero-order valence-electron chi connectivity index (χ0n) is 20.2. The summed E-state index contributed by atoms with van der Waals surface area (Å²) < 4.78 is 6.72. The third-order valence-corrected chi connectivity index (χ3v) is 5.62. The minimum atomic E-state index is -0.736. The van der Waals surface area contributed by atoms with Crippen LogP contribution in [0.2, 0.25) is 5.15 Å². The normalized spacial score (nSPS) is 11.7. The summed E-state index contributed by atoms with van der Waals surface area (Å²) in [4.78, 5) is 37.9.